The highest BCUT2D eigenvalue weighted by Gasteiger charge is 2.52. The molecule has 2 rings (SSSR count). The van der Waals surface area contributed by atoms with Gasteiger partial charge in [0.25, 0.3) is 0 Å². The summed E-state index contributed by atoms with van der Waals surface area (Å²) in [7, 11) is 1.37. The minimum Gasteiger partial charge on any atom is -0.494 e. The molecule has 4 heteroatoms. The third-order valence-corrected chi connectivity index (χ3v) is 3.17. The van der Waals surface area contributed by atoms with E-state index >= 15 is 0 Å². The van der Waals surface area contributed by atoms with Gasteiger partial charge in [-0.05, 0) is 43.0 Å². The lowest BCUT2D eigenvalue weighted by Gasteiger charge is -2.15. The molecular weight excluding hydrogens is 211 g/mol. The molecule has 0 saturated heterocycles. The normalized spacial score (nSPS) is 16.9. The maximum Gasteiger partial charge on any atom is 0.314 e. The highest BCUT2D eigenvalue weighted by atomic mass is 19.1. The van der Waals surface area contributed by atoms with Gasteiger partial charge in [0.15, 0.2) is 11.6 Å². The first-order valence-electron chi connectivity index (χ1n) is 5.09. The maximum atomic E-state index is 13.4. The lowest BCUT2D eigenvalue weighted by atomic mass is 9.91. The Morgan fingerprint density at radius 1 is 1.50 bits per heavy atom. The number of rotatable bonds is 3. The SMILES string of the molecule is COc1cc(C2(C(=O)O)CC2)c(C)cc1F. The molecule has 0 amide bonds. The first-order chi connectivity index (χ1) is 7.51. The summed E-state index contributed by atoms with van der Waals surface area (Å²) in [5.41, 5.74) is 0.516. The lowest BCUT2D eigenvalue weighted by molar-refractivity contribution is -0.140. The molecule has 1 saturated carbocycles. The molecule has 1 aromatic rings. The Morgan fingerprint density at radius 2 is 2.12 bits per heavy atom. The predicted octanol–water partition coefficient (Wildman–Crippen LogP) is 2.26. The van der Waals surface area contributed by atoms with Crippen molar-refractivity contribution < 1.29 is 19.0 Å². The standard InChI is InChI=1S/C12H13FO3/c1-7-5-9(13)10(16-2)6-8(7)12(3-4-12)11(14)15/h5-6H,3-4H2,1-2H3,(H,14,15). The van der Waals surface area contributed by atoms with Crippen LogP contribution in [0.25, 0.3) is 0 Å². The van der Waals surface area contributed by atoms with E-state index in [1.165, 1.54) is 19.2 Å². The van der Waals surface area contributed by atoms with E-state index in [4.69, 9.17) is 4.74 Å². The van der Waals surface area contributed by atoms with E-state index in [0.29, 0.717) is 24.0 Å². The second-order valence-electron chi connectivity index (χ2n) is 4.19. The van der Waals surface area contributed by atoms with Crippen molar-refractivity contribution in [3.05, 3.63) is 29.1 Å². The van der Waals surface area contributed by atoms with Crippen LogP contribution in [-0.4, -0.2) is 18.2 Å². The molecule has 0 aliphatic heterocycles. The first-order valence-corrected chi connectivity index (χ1v) is 5.09. The van der Waals surface area contributed by atoms with Gasteiger partial charge >= 0.3 is 5.97 Å². The molecule has 0 atom stereocenters. The summed E-state index contributed by atoms with van der Waals surface area (Å²) < 4.78 is 18.2. The number of hydrogen-bond donors (Lipinski definition) is 1. The molecule has 0 bridgehead atoms. The average Bonchev–Trinajstić information content (AvgIpc) is 2.99. The topological polar surface area (TPSA) is 46.5 Å². The summed E-state index contributed by atoms with van der Waals surface area (Å²) in [6.07, 6.45) is 1.22. The number of hydrogen-bond acceptors (Lipinski definition) is 2. The summed E-state index contributed by atoms with van der Waals surface area (Å²) in [6.45, 7) is 1.72. The van der Waals surface area contributed by atoms with Crippen molar-refractivity contribution in [2.45, 2.75) is 25.2 Å². The summed E-state index contributed by atoms with van der Waals surface area (Å²) >= 11 is 0. The average molecular weight is 224 g/mol. The monoisotopic (exact) mass is 224 g/mol. The van der Waals surface area contributed by atoms with Crippen LogP contribution in [0, 0.1) is 12.7 Å². The molecule has 0 spiro atoms. The fourth-order valence-electron chi connectivity index (χ4n) is 2.05. The highest BCUT2D eigenvalue weighted by Crippen LogP contribution is 2.50. The molecule has 0 unspecified atom stereocenters. The van der Waals surface area contributed by atoms with Crippen LogP contribution < -0.4 is 4.74 Å². The van der Waals surface area contributed by atoms with Gasteiger partial charge in [0.05, 0.1) is 12.5 Å². The zero-order valence-corrected chi connectivity index (χ0v) is 9.21. The number of aryl methyl sites for hydroxylation is 1. The number of ether oxygens (including phenoxy) is 1. The Bertz CT molecular complexity index is 450. The van der Waals surface area contributed by atoms with Crippen LogP contribution in [-0.2, 0) is 10.2 Å². The molecule has 3 nitrogen and oxygen atoms in total. The van der Waals surface area contributed by atoms with Crippen molar-refractivity contribution in [3.63, 3.8) is 0 Å². The number of halogens is 1. The zero-order chi connectivity index (χ0) is 11.9. The Kier molecular flexibility index (Phi) is 2.37. The molecular formula is C12H13FO3. The second kappa shape index (κ2) is 3.47. The van der Waals surface area contributed by atoms with Crippen molar-refractivity contribution in [3.8, 4) is 5.75 Å². The van der Waals surface area contributed by atoms with E-state index in [9.17, 15) is 14.3 Å². The number of carbonyl (C=O) groups is 1. The summed E-state index contributed by atoms with van der Waals surface area (Å²) in [5, 5.41) is 9.18. The number of carboxylic acids is 1. The molecule has 0 heterocycles. The summed E-state index contributed by atoms with van der Waals surface area (Å²) in [4.78, 5) is 11.2. The van der Waals surface area contributed by atoms with Gasteiger partial charge in [-0.2, -0.15) is 0 Å². The van der Waals surface area contributed by atoms with Crippen LogP contribution in [0.3, 0.4) is 0 Å². The van der Waals surface area contributed by atoms with Crippen LogP contribution in [0.2, 0.25) is 0 Å². The maximum absolute atomic E-state index is 13.4. The Balaban J connectivity index is 2.53. The zero-order valence-electron chi connectivity index (χ0n) is 9.21. The van der Waals surface area contributed by atoms with Crippen molar-refractivity contribution in [1.82, 2.24) is 0 Å². The van der Waals surface area contributed by atoms with Gasteiger partial charge in [0.2, 0.25) is 0 Å². The molecule has 1 fully saturated rings. The third-order valence-electron chi connectivity index (χ3n) is 3.17. The fraction of sp³-hybridized carbons (Fsp3) is 0.417. The van der Waals surface area contributed by atoms with Crippen LogP contribution in [0.15, 0.2) is 12.1 Å². The van der Waals surface area contributed by atoms with Gasteiger partial charge in [-0.1, -0.05) is 0 Å². The molecule has 86 valence electrons. The fourth-order valence-corrected chi connectivity index (χ4v) is 2.05. The van der Waals surface area contributed by atoms with Crippen molar-refractivity contribution in [1.29, 1.82) is 0 Å². The predicted molar refractivity (Wildman–Crippen MR) is 56.2 cm³/mol. The minimum atomic E-state index is -0.843. The molecule has 1 aromatic carbocycles. The van der Waals surface area contributed by atoms with E-state index < -0.39 is 17.2 Å². The molecule has 1 aliphatic rings. The number of methoxy groups -OCH3 is 1. The molecule has 0 radical (unpaired) electrons. The van der Waals surface area contributed by atoms with Crippen molar-refractivity contribution in [2.75, 3.05) is 7.11 Å². The Hall–Kier alpha value is -1.58. The number of aliphatic carboxylic acids is 1. The van der Waals surface area contributed by atoms with Gasteiger partial charge in [-0.25, -0.2) is 4.39 Å². The van der Waals surface area contributed by atoms with Crippen LogP contribution in [0.1, 0.15) is 24.0 Å². The summed E-state index contributed by atoms with van der Waals surface area (Å²) in [6, 6.07) is 2.84. The minimum absolute atomic E-state index is 0.105. The molecule has 1 N–H and O–H groups in total. The van der Waals surface area contributed by atoms with E-state index in [1.54, 1.807) is 6.92 Å². The van der Waals surface area contributed by atoms with E-state index in [2.05, 4.69) is 0 Å². The summed E-state index contributed by atoms with van der Waals surface area (Å²) in [5.74, 6) is -1.19. The largest absolute Gasteiger partial charge is 0.494 e. The lowest BCUT2D eigenvalue weighted by Crippen LogP contribution is -2.20. The van der Waals surface area contributed by atoms with Crippen LogP contribution in [0.4, 0.5) is 4.39 Å². The van der Waals surface area contributed by atoms with Gasteiger partial charge < -0.3 is 9.84 Å². The third kappa shape index (κ3) is 1.45. The van der Waals surface area contributed by atoms with Crippen LogP contribution >= 0.6 is 0 Å². The number of benzene rings is 1. The van der Waals surface area contributed by atoms with E-state index in [0.717, 1.165) is 0 Å². The number of carboxylic acid groups (broad SMARTS) is 1. The van der Waals surface area contributed by atoms with Gasteiger partial charge in [0, 0.05) is 0 Å². The second-order valence-corrected chi connectivity index (χ2v) is 4.19. The molecule has 0 aromatic heterocycles. The first kappa shape index (κ1) is 10.9. The Labute approximate surface area is 92.9 Å². The van der Waals surface area contributed by atoms with E-state index in [-0.39, 0.29) is 5.75 Å². The van der Waals surface area contributed by atoms with Gasteiger partial charge in [-0.15, -0.1) is 0 Å². The Morgan fingerprint density at radius 3 is 2.56 bits per heavy atom. The van der Waals surface area contributed by atoms with Gasteiger partial charge in [-0.3, -0.25) is 4.79 Å². The van der Waals surface area contributed by atoms with Crippen molar-refractivity contribution in [2.24, 2.45) is 0 Å². The van der Waals surface area contributed by atoms with E-state index in [1.807, 2.05) is 0 Å². The molecule has 16 heavy (non-hydrogen) atoms. The quantitative estimate of drug-likeness (QED) is 0.856. The smallest absolute Gasteiger partial charge is 0.314 e. The van der Waals surface area contributed by atoms with Crippen LogP contribution in [0.5, 0.6) is 5.75 Å². The molecule has 1 aliphatic carbocycles. The van der Waals surface area contributed by atoms with Crippen molar-refractivity contribution >= 4 is 5.97 Å². The van der Waals surface area contributed by atoms with Gasteiger partial charge in [0.1, 0.15) is 0 Å². The highest BCUT2D eigenvalue weighted by molar-refractivity contribution is 5.85.